The van der Waals surface area contributed by atoms with Gasteiger partial charge in [0.2, 0.25) is 0 Å². The van der Waals surface area contributed by atoms with E-state index in [1.165, 1.54) is 38.1 Å². The number of ether oxygens (including phenoxy) is 2. The standard InChI is InChI=1S/C23H19Cl3F3N3O5/c1-3-35-20(33)19(21(34)36-4-2)31-30-17-7-12(5-6-16(17)26)18-11-22(37-32-18,23(27,28)29)13-8-14(24)10-15(25)9-13/h5-10,30H,3-4,11H2,1-2H3. The molecule has 0 fully saturated rings. The zero-order valence-electron chi connectivity index (χ0n) is 19.3. The van der Waals surface area contributed by atoms with Crippen LogP contribution in [-0.2, 0) is 29.5 Å². The molecule has 2 aromatic rings. The third-order valence-electron chi connectivity index (χ3n) is 5.04. The minimum Gasteiger partial charge on any atom is -0.461 e. The number of carbonyl (C=O) groups excluding carboxylic acids is 2. The highest BCUT2D eigenvalue weighted by Gasteiger charge is 2.62. The third-order valence-corrected chi connectivity index (χ3v) is 5.81. The summed E-state index contributed by atoms with van der Waals surface area (Å²) < 4.78 is 52.4. The molecule has 14 heteroatoms. The van der Waals surface area contributed by atoms with Crippen LogP contribution in [0.5, 0.6) is 0 Å². The van der Waals surface area contributed by atoms with E-state index < -0.39 is 35.8 Å². The van der Waals surface area contributed by atoms with E-state index in [0.29, 0.717) is 0 Å². The minimum absolute atomic E-state index is 0.00183. The van der Waals surface area contributed by atoms with Gasteiger partial charge in [-0.05, 0) is 44.2 Å². The molecule has 198 valence electrons. The first-order valence-electron chi connectivity index (χ1n) is 10.7. The second kappa shape index (κ2) is 11.6. The number of oxime groups is 1. The van der Waals surface area contributed by atoms with Crippen LogP contribution in [-0.4, -0.2) is 42.8 Å². The molecule has 1 unspecified atom stereocenters. The van der Waals surface area contributed by atoms with Gasteiger partial charge in [0.15, 0.2) is 0 Å². The molecule has 0 bridgehead atoms. The summed E-state index contributed by atoms with van der Waals surface area (Å²) in [7, 11) is 0. The number of halogens is 6. The lowest BCUT2D eigenvalue weighted by Gasteiger charge is -2.29. The summed E-state index contributed by atoms with van der Waals surface area (Å²) in [5, 5.41) is 7.52. The molecule has 0 amide bonds. The average Bonchev–Trinajstić information content (AvgIpc) is 3.27. The SMILES string of the molecule is CCOC(=O)C(=NNc1cc(C2=NOC(c3cc(Cl)cc(Cl)c3)(C(F)(F)F)C2)ccc1Cl)C(=O)OCC. The first-order chi connectivity index (χ1) is 17.4. The summed E-state index contributed by atoms with van der Waals surface area (Å²) in [6.45, 7) is 3.03. The lowest BCUT2D eigenvalue weighted by molar-refractivity contribution is -0.275. The van der Waals surface area contributed by atoms with Crippen LogP contribution in [0.4, 0.5) is 18.9 Å². The topological polar surface area (TPSA) is 98.6 Å². The zero-order valence-corrected chi connectivity index (χ0v) is 21.6. The molecule has 1 aliphatic rings. The predicted molar refractivity (Wildman–Crippen MR) is 132 cm³/mol. The summed E-state index contributed by atoms with van der Waals surface area (Å²) in [6, 6.07) is 7.64. The molecule has 0 saturated carbocycles. The maximum Gasteiger partial charge on any atom is 0.435 e. The van der Waals surface area contributed by atoms with Gasteiger partial charge in [0.05, 0.1) is 29.6 Å². The largest absolute Gasteiger partial charge is 0.461 e. The van der Waals surface area contributed by atoms with Crippen molar-refractivity contribution >= 4 is 63.9 Å². The van der Waals surface area contributed by atoms with Crippen LogP contribution in [0, 0.1) is 0 Å². The van der Waals surface area contributed by atoms with E-state index in [9.17, 15) is 22.8 Å². The summed E-state index contributed by atoms with van der Waals surface area (Å²) in [6.07, 6.45) is -5.58. The molecule has 3 rings (SSSR count). The lowest BCUT2D eigenvalue weighted by atomic mass is 9.86. The van der Waals surface area contributed by atoms with Gasteiger partial charge >= 0.3 is 18.1 Å². The lowest BCUT2D eigenvalue weighted by Crippen LogP contribution is -2.42. The third kappa shape index (κ3) is 6.28. The highest BCUT2D eigenvalue weighted by atomic mass is 35.5. The number of hydrogen-bond donors (Lipinski definition) is 1. The number of anilines is 1. The number of hydrazone groups is 1. The van der Waals surface area contributed by atoms with E-state index in [1.807, 2.05) is 0 Å². The molecule has 0 aliphatic carbocycles. The van der Waals surface area contributed by atoms with Crippen molar-refractivity contribution in [1.82, 2.24) is 0 Å². The molecule has 37 heavy (non-hydrogen) atoms. The predicted octanol–water partition coefficient (Wildman–Crippen LogP) is 6.12. The Labute approximate surface area is 224 Å². The average molecular weight is 581 g/mol. The zero-order chi connectivity index (χ0) is 27.4. The van der Waals surface area contributed by atoms with Crippen LogP contribution in [0.1, 0.15) is 31.4 Å². The van der Waals surface area contributed by atoms with Gasteiger partial charge in [-0.1, -0.05) is 46.0 Å². The van der Waals surface area contributed by atoms with Gasteiger partial charge in [0, 0.05) is 27.6 Å². The van der Waals surface area contributed by atoms with E-state index in [-0.39, 0.29) is 50.8 Å². The van der Waals surface area contributed by atoms with Crippen molar-refractivity contribution in [3.8, 4) is 0 Å². The van der Waals surface area contributed by atoms with Crippen LogP contribution in [0.15, 0.2) is 46.7 Å². The molecule has 1 atom stereocenters. The maximum atomic E-state index is 14.3. The first kappa shape index (κ1) is 28.5. The number of nitrogens with one attached hydrogen (secondary N) is 1. The molecule has 1 aliphatic heterocycles. The van der Waals surface area contributed by atoms with Crippen molar-refractivity contribution in [3.63, 3.8) is 0 Å². The fourth-order valence-electron chi connectivity index (χ4n) is 3.33. The molecule has 0 aromatic heterocycles. The Hall–Kier alpha value is -3.02. The van der Waals surface area contributed by atoms with Crippen LogP contribution < -0.4 is 5.43 Å². The number of hydrogen-bond acceptors (Lipinski definition) is 8. The van der Waals surface area contributed by atoms with Crippen molar-refractivity contribution in [2.45, 2.75) is 32.0 Å². The van der Waals surface area contributed by atoms with E-state index in [0.717, 1.165) is 12.1 Å². The molecule has 1 N–H and O–H groups in total. The van der Waals surface area contributed by atoms with Crippen molar-refractivity contribution in [2.24, 2.45) is 10.3 Å². The number of alkyl halides is 3. The maximum absolute atomic E-state index is 14.3. The van der Waals surface area contributed by atoms with Gasteiger partial charge in [0.1, 0.15) is 0 Å². The Balaban J connectivity index is 1.94. The highest BCUT2D eigenvalue weighted by molar-refractivity contribution is 6.62. The first-order valence-corrected chi connectivity index (χ1v) is 11.8. The Morgan fingerprint density at radius 1 is 1.05 bits per heavy atom. The Bertz CT molecular complexity index is 1230. The second-order valence-electron chi connectivity index (χ2n) is 7.50. The Kier molecular flexibility index (Phi) is 8.93. The molecule has 2 aromatic carbocycles. The normalized spacial score (nSPS) is 16.9. The monoisotopic (exact) mass is 579 g/mol. The molecule has 0 saturated heterocycles. The number of carbonyl (C=O) groups is 2. The van der Waals surface area contributed by atoms with Gasteiger partial charge in [-0.25, -0.2) is 9.59 Å². The number of nitrogens with zero attached hydrogens (tertiary/aromatic N) is 2. The van der Waals surface area contributed by atoms with Gasteiger partial charge < -0.3 is 14.3 Å². The van der Waals surface area contributed by atoms with Crippen LogP contribution in [0.2, 0.25) is 15.1 Å². The number of esters is 2. The summed E-state index contributed by atoms with van der Waals surface area (Å²) in [5.41, 5.74) is -1.17. The van der Waals surface area contributed by atoms with E-state index in [4.69, 9.17) is 49.1 Å². The highest BCUT2D eigenvalue weighted by Crippen LogP contribution is 2.49. The minimum atomic E-state index is -4.88. The van der Waals surface area contributed by atoms with E-state index >= 15 is 0 Å². The molecule has 8 nitrogen and oxygen atoms in total. The quantitative estimate of drug-likeness (QED) is 0.175. The van der Waals surface area contributed by atoms with Crippen molar-refractivity contribution in [2.75, 3.05) is 18.6 Å². The van der Waals surface area contributed by atoms with Gasteiger partial charge in [0.25, 0.3) is 11.3 Å². The Morgan fingerprint density at radius 2 is 1.65 bits per heavy atom. The molecular formula is C23H19Cl3F3N3O5. The fraction of sp³-hybridized carbons (Fsp3) is 0.304. The van der Waals surface area contributed by atoms with Crippen LogP contribution in [0.3, 0.4) is 0 Å². The van der Waals surface area contributed by atoms with E-state index in [1.54, 1.807) is 0 Å². The number of benzene rings is 2. The van der Waals surface area contributed by atoms with E-state index in [2.05, 4.69) is 15.7 Å². The summed E-state index contributed by atoms with van der Waals surface area (Å²) in [5.74, 6) is -2.08. The van der Waals surface area contributed by atoms with Crippen LogP contribution >= 0.6 is 34.8 Å². The molecule has 0 spiro atoms. The molecular weight excluding hydrogens is 562 g/mol. The van der Waals surface area contributed by atoms with Crippen molar-refractivity contribution < 1.29 is 37.1 Å². The fourth-order valence-corrected chi connectivity index (χ4v) is 4.01. The number of rotatable bonds is 8. The molecule has 1 heterocycles. The summed E-state index contributed by atoms with van der Waals surface area (Å²) in [4.78, 5) is 29.2. The second-order valence-corrected chi connectivity index (χ2v) is 8.78. The summed E-state index contributed by atoms with van der Waals surface area (Å²) >= 11 is 18.0. The van der Waals surface area contributed by atoms with Gasteiger partial charge in [-0.3, -0.25) is 5.43 Å². The molecule has 0 radical (unpaired) electrons. The van der Waals surface area contributed by atoms with Crippen molar-refractivity contribution in [3.05, 3.63) is 62.6 Å². The van der Waals surface area contributed by atoms with Crippen LogP contribution in [0.25, 0.3) is 0 Å². The van der Waals surface area contributed by atoms with Gasteiger partial charge in [-0.2, -0.15) is 18.3 Å². The van der Waals surface area contributed by atoms with Gasteiger partial charge in [-0.15, -0.1) is 0 Å². The Morgan fingerprint density at radius 3 is 2.19 bits per heavy atom. The van der Waals surface area contributed by atoms with Crippen molar-refractivity contribution in [1.29, 1.82) is 0 Å². The smallest absolute Gasteiger partial charge is 0.435 e.